The molecule has 0 aliphatic heterocycles. The Labute approximate surface area is 180 Å². The summed E-state index contributed by atoms with van der Waals surface area (Å²) >= 11 is 1.66. The first-order valence-corrected chi connectivity index (χ1v) is 10.7. The summed E-state index contributed by atoms with van der Waals surface area (Å²) in [6.07, 6.45) is 7.40. The van der Waals surface area contributed by atoms with Crippen LogP contribution in [0.25, 0.3) is 16.8 Å². The van der Waals surface area contributed by atoms with E-state index in [2.05, 4.69) is 31.0 Å². The monoisotopic (exact) mass is 419 g/mol. The molecule has 1 aromatic carbocycles. The van der Waals surface area contributed by atoms with Crippen LogP contribution in [0, 0.1) is 0 Å². The second-order valence-electron chi connectivity index (χ2n) is 6.76. The molecule has 0 fully saturated rings. The van der Waals surface area contributed by atoms with Gasteiger partial charge in [0, 0.05) is 21.8 Å². The van der Waals surface area contributed by atoms with E-state index in [1.165, 1.54) is 0 Å². The van der Waals surface area contributed by atoms with E-state index in [0.717, 1.165) is 44.5 Å². The third kappa shape index (κ3) is 5.21. The van der Waals surface area contributed by atoms with Crippen LogP contribution in [0.1, 0.15) is 35.5 Å². The first kappa shape index (κ1) is 21.5. The molecule has 2 heterocycles. The molecule has 0 unspecified atom stereocenters. The number of carboxylic acid groups (broad SMARTS) is 1. The van der Waals surface area contributed by atoms with Crippen LogP contribution in [0.15, 0.2) is 55.1 Å². The van der Waals surface area contributed by atoms with Crippen molar-refractivity contribution in [1.82, 2.24) is 9.97 Å². The molecule has 0 radical (unpaired) electrons. The van der Waals surface area contributed by atoms with Crippen molar-refractivity contribution in [2.24, 2.45) is 0 Å². The van der Waals surface area contributed by atoms with Crippen LogP contribution in [0.3, 0.4) is 0 Å². The van der Waals surface area contributed by atoms with Crippen LogP contribution in [0.2, 0.25) is 0 Å². The summed E-state index contributed by atoms with van der Waals surface area (Å²) in [5, 5.41) is 12.4. The number of aromatic nitrogens is 2. The van der Waals surface area contributed by atoms with Crippen LogP contribution in [0.5, 0.6) is 0 Å². The van der Waals surface area contributed by atoms with E-state index in [9.17, 15) is 4.79 Å². The number of carboxylic acids is 1. The van der Waals surface area contributed by atoms with Crippen LogP contribution in [0.4, 0.5) is 11.5 Å². The Hall–Kier alpha value is -3.25. The van der Waals surface area contributed by atoms with Crippen LogP contribution in [-0.4, -0.2) is 21.0 Å². The average molecular weight is 420 g/mol. The zero-order valence-electron chi connectivity index (χ0n) is 17.2. The number of nitrogens with one attached hydrogen (secondary N) is 1. The van der Waals surface area contributed by atoms with Gasteiger partial charge in [-0.2, -0.15) is 0 Å². The maximum atomic E-state index is 10.9. The van der Waals surface area contributed by atoms with E-state index >= 15 is 0 Å². The first-order valence-electron chi connectivity index (χ1n) is 9.85. The lowest BCUT2D eigenvalue weighted by molar-refractivity contribution is -0.136. The molecule has 154 valence electrons. The Bertz CT molecular complexity index is 1070. The molecule has 3 rings (SSSR count). The highest BCUT2D eigenvalue weighted by Gasteiger charge is 2.15. The van der Waals surface area contributed by atoms with Gasteiger partial charge in [-0.1, -0.05) is 31.2 Å². The van der Waals surface area contributed by atoms with Gasteiger partial charge in [-0.05, 0) is 55.7 Å². The number of rotatable bonds is 9. The number of aliphatic carboxylic acids is 1. The Morgan fingerprint density at radius 1 is 1.20 bits per heavy atom. The summed E-state index contributed by atoms with van der Waals surface area (Å²) in [6.45, 7) is 7.96. The molecular formula is C24H25N3O2S. The summed E-state index contributed by atoms with van der Waals surface area (Å²) in [5.41, 5.74) is 3.62. The number of nitrogens with zero attached hydrogens (tertiary/aromatic N) is 2. The fraction of sp³-hybridized carbons (Fsp3) is 0.208. The predicted octanol–water partition coefficient (Wildman–Crippen LogP) is 5.90. The Balaban J connectivity index is 1.99. The lowest BCUT2D eigenvalue weighted by Crippen LogP contribution is -2.07. The average Bonchev–Trinajstić information content (AvgIpc) is 3.19. The molecule has 0 atom stereocenters. The Morgan fingerprint density at radius 3 is 2.60 bits per heavy atom. The van der Waals surface area contributed by atoms with Crippen LogP contribution >= 0.6 is 11.3 Å². The van der Waals surface area contributed by atoms with Gasteiger partial charge in [0.15, 0.2) is 5.82 Å². The molecule has 2 N–H and O–H groups in total. The maximum absolute atomic E-state index is 10.9. The second kappa shape index (κ2) is 9.98. The van der Waals surface area contributed by atoms with E-state index in [4.69, 9.17) is 15.1 Å². The van der Waals surface area contributed by atoms with Gasteiger partial charge in [0.1, 0.15) is 5.82 Å². The van der Waals surface area contributed by atoms with E-state index in [1.54, 1.807) is 11.3 Å². The van der Waals surface area contributed by atoms with Gasteiger partial charge in [-0.25, -0.2) is 9.97 Å². The molecule has 5 nitrogen and oxygen atoms in total. The number of hydrogen-bond donors (Lipinski definition) is 2. The third-order valence-corrected chi connectivity index (χ3v) is 5.57. The summed E-state index contributed by atoms with van der Waals surface area (Å²) in [7, 11) is 0. The maximum Gasteiger partial charge on any atom is 0.307 e. The quantitative estimate of drug-likeness (QED) is 0.422. The zero-order valence-corrected chi connectivity index (χ0v) is 18.0. The minimum absolute atomic E-state index is 0.00650. The van der Waals surface area contributed by atoms with Crippen molar-refractivity contribution in [2.75, 3.05) is 5.32 Å². The molecule has 0 aliphatic carbocycles. The van der Waals surface area contributed by atoms with Crippen molar-refractivity contribution < 1.29 is 9.90 Å². The molecule has 0 bridgehead atoms. The molecule has 0 aliphatic rings. The SMILES string of the molecule is C=CCc1c(CC)nc(-c2ccc(/C=C\C)s2)nc1Nc1ccc(CC(=O)O)cc1. The van der Waals surface area contributed by atoms with Gasteiger partial charge in [-0.15, -0.1) is 17.9 Å². The highest BCUT2D eigenvalue weighted by Crippen LogP contribution is 2.31. The van der Waals surface area contributed by atoms with E-state index in [0.29, 0.717) is 12.2 Å². The molecular weight excluding hydrogens is 394 g/mol. The minimum atomic E-state index is -0.842. The third-order valence-electron chi connectivity index (χ3n) is 4.53. The van der Waals surface area contributed by atoms with Gasteiger partial charge in [0.2, 0.25) is 0 Å². The number of carbonyl (C=O) groups is 1. The predicted molar refractivity (Wildman–Crippen MR) is 124 cm³/mol. The van der Waals surface area contributed by atoms with Crippen molar-refractivity contribution in [3.8, 4) is 10.7 Å². The number of hydrogen-bond acceptors (Lipinski definition) is 5. The molecule has 2 aromatic heterocycles. The summed E-state index contributed by atoms with van der Waals surface area (Å²) < 4.78 is 0. The normalized spacial score (nSPS) is 11.0. The molecule has 30 heavy (non-hydrogen) atoms. The second-order valence-corrected chi connectivity index (χ2v) is 7.88. The molecule has 6 heteroatoms. The van der Waals surface area contributed by atoms with Gasteiger partial charge in [-0.3, -0.25) is 4.79 Å². The van der Waals surface area contributed by atoms with Crippen molar-refractivity contribution in [3.63, 3.8) is 0 Å². The summed E-state index contributed by atoms with van der Waals surface area (Å²) in [4.78, 5) is 22.7. The number of anilines is 2. The highest BCUT2D eigenvalue weighted by molar-refractivity contribution is 7.16. The van der Waals surface area contributed by atoms with Gasteiger partial charge < -0.3 is 10.4 Å². The van der Waals surface area contributed by atoms with Gasteiger partial charge in [0.25, 0.3) is 0 Å². The van der Waals surface area contributed by atoms with Crippen molar-refractivity contribution in [3.05, 3.63) is 76.8 Å². The Morgan fingerprint density at radius 2 is 1.97 bits per heavy atom. The van der Waals surface area contributed by atoms with Crippen molar-refractivity contribution in [2.45, 2.75) is 33.1 Å². The first-order chi connectivity index (χ1) is 14.5. The van der Waals surface area contributed by atoms with Crippen molar-refractivity contribution in [1.29, 1.82) is 0 Å². The fourth-order valence-corrected chi connectivity index (χ4v) is 4.05. The van der Waals surface area contributed by atoms with Crippen LogP contribution < -0.4 is 5.32 Å². The largest absolute Gasteiger partial charge is 0.481 e. The molecule has 0 saturated heterocycles. The van der Waals surface area contributed by atoms with Gasteiger partial charge >= 0.3 is 5.97 Å². The van der Waals surface area contributed by atoms with E-state index < -0.39 is 5.97 Å². The number of allylic oxidation sites excluding steroid dienone is 2. The Kier molecular flexibility index (Phi) is 7.14. The van der Waals surface area contributed by atoms with Crippen molar-refractivity contribution >= 4 is 34.9 Å². The van der Waals surface area contributed by atoms with Gasteiger partial charge in [0.05, 0.1) is 11.3 Å². The smallest absolute Gasteiger partial charge is 0.307 e. The fourth-order valence-electron chi connectivity index (χ4n) is 3.14. The lowest BCUT2D eigenvalue weighted by Gasteiger charge is -2.15. The number of thiophene rings is 1. The topological polar surface area (TPSA) is 75.1 Å². The summed E-state index contributed by atoms with van der Waals surface area (Å²) in [5.74, 6) is 0.611. The number of aryl methyl sites for hydroxylation is 1. The van der Waals surface area contributed by atoms with Crippen LogP contribution in [-0.2, 0) is 24.1 Å². The standard InChI is InChI=1S/C24H25N3O2S/c1-4-7-18-13-14-21(30-18)24-26-20(6-3)19(8-5-2)23(27-24)25-17-11-9-16(10-12-17)15-22(28)29/h4-5,7,9-14H,2,6,8,15H2,1,3H3,(H,28,29)(H,25,26,27)/b7-4-. The number of benzene rings is 1. The summed E-state index contributed by atoms with van der Waals surface area (Å²) in [6, 6.07) is 11.5. The van der Waals surface area contributed by atoms with E-state index in [-0.39, 0.29) is 6.42 Å². The lowest BCUT2D eigenvalue weighted by atomic mass is 10.1. The molecule has 3 aromatic rings. The minimum Gasteiger partial charge on any atom is -0.481 e. The zero-order chi connectivity index (χ0) is 21.5. The molecule has 0 spiro atoms. The van der Waals surface area contributed by atoms with E-state index in [1.807, 2.05) is 49.4 Å². The molecule has 0 saturated carbocycles. The molecule has 0 amide bonds. The highest BCUT2D eigenvalue weighted by atomic mass is 32.1.